The summed E-state index contributed by atoms with van der Waals surface area (Å²) in [6.07, 6.45) is 2.02. The Balaban J connectivity index is 4.74. The van der Waals surface area contributed by atoms with E-state index in [1.165, 1.54) is 0 Å². The number of rotatable bonds is 8. The van der Waals surface area contributed by atoms with Crippen LogP contribution in [-0.2, 0) is 23.5 Å². The van der Waals surface area contributed by atoms with Crippen LogP contribution >= 0.6 is 0 Å². The van der Waals surface area contributed by atoms with Crippen molar-refractivity contribution in [3.8, 4) is 0 Å². The standard InChI is InChI=1S/C16H30O5Si/c1-8-19-14(17)13(15(18)20-9-2)11-10-12-21-22(6,7)16(3,4)5/h11H,8-10,12H2,1-7H3. The van der Waals surface area contributed by atoms with Gasteiger partial charge in [0.05, 0.1) is 13.2 Å². The maximum absolute atomic E-state index is 11.8. The first kappa shape index (κ1) is 20.9. The van der Waals surface area contributed by atoms with Gasteiger partial charge in [0.15, 0.2) is 8.32 Å². The molecule has 0 aromatic heterocycles. The van der Waals surface area contributed by atoms with Crippen LogP contribution in [0.15, 0.2) is 11.6 Å². The molecule has 128 valence electrons. The van der Waals surface area contributed by atoms with Crippen LogP contribution in [0.25, 0.3) is 0 Å². The van der Waals surface area contributed by atoms with Gasteiger partial charge in [-0.15, -0.1) is 0 Å². The first-order chi connectivity index (χ1) is 10.1. The van der Waals surface area contributed by atoms with E-state index in [4.69, 9.17) is 13.9 Å². The zero-order chi connectivity index (χ0) is 17.4. The zero-order valence-electron chi connectivity index (χ0n) is 14.9. The van der Waals surface area contributed by atoms with E-state index >= 15 is 0 Å². The second-order valence-electron chi connectivity index (χ2n) is 6.46. The Hall–Kier alpha value is -1.14. The van der Waals surface area contributed by atoms with E-state index in [0.29, 0.717) is 13.0 Å². The fraction of sp³-hybridized carbons (Fsp3) is 0.750. The number of carbonyl (C=O) groups excluding carboxylic acids is 2. The van der Waals surface area contributed by atoms with Gasteiger partial charge in [-0.2, -0.15) is 0 Å². The summed E-state index contributed by atoms with van der Waals surface area (Å²) in [5.74, 6) is -1.29. The Bertz CT molecular complexity index is 387. The van der Waals surface area contributed by atoms with Crippen LogP contribution in [0.1, 0.15) is 41.0 Å². The van der Waals surface area contributed by atoms with Crippen molar-refractivity contribution in [2.75, 3.05) is 19.8 Å². The molecule has 5 nitrogen and oxygen atoms in total. The summed E-state index contributed by atoms with van der Waals surface area (Å²) in [5.41, 5.74) is -0.0532. The monoisotopic (exact) mass is 330 g/mol. The SMILES string of the molecule is CCOC(=O)C(=CCCO[Si](C)(C)C(C)(C)C)C(=O)OCC. The summed E-state index contributed by atoms with van der Waals surface area (Å²) in [4.78, 5) is 23.6. The largest absolute Gasteiger partial charge is 0.462 e. The smallest absolute Gasteiger partial charge is 0.345 e. The fourth-order valence-electron chi connectivity index (χ4n) is 1.40. The molecule has 22 heavy (non-hydrogen) atoms. The molecule has 0 atom stereocenters. The van der Waals surface area contributed by atoms with E-state index in [1.54, 1.807) is 19.9 Å². The minimum atomic E-state index is -1.82. The Kier molecular flexibility index (Phi) is 8.63. The molecule has 0 bridgehead atoms. The molecule has 0 aliphatic heterocycles. The van der Waals surface area contributed by atoms with Crippen molar-refractivity contribution in [2.45, 2.75) is 59.2 Å². The predicted octanol–water partition coefficient (Wildman–Crippen LogP) is 3.45. The van der Waals surface area contributed by atoms with Gasteiger partial charge in [0.1, 0.15) is 5.57 Å². The predicted molar refractivity (Wildman–Crippen MR) is 89.1 cm³/mol. The molecule has 0 spiro atoms. The molecule has 0 unspecified atom stereocenters. The third kappa shape index (κ3) is 6.75. The molecule has 0 rings (SSSR count). The highest BCUT2D eigenvalue weighted by Gasteiger charge is 2.36. The average Bonchev–Trinajstić information content (AvgIpc) is 2.37. The van der Waals surface area contributed by atoms with E-state index in [9.17, 15) is 9.59 Å². The van der Waals surface area contributed by atoms with E-state index in [2.05, 4.69) is 33.9 Å². The van der Waals surface area contributed by atoms with Gasteiger partial charge in [0.25, 0.3) is 0 Å². The van der Waals surface area contributed by atoms with Crippen LogP contribution in [0, 0.1) is 0 Å². The van der Waals surface area contributed by atoms with Gasteiger partial charge in [0, 0.05) is 6.61 Å². The fourth-order valence-corrected chi connectivity index (χ4v) is 2.46. The van der Waals surface area contributed by atoms with Crippen LogP contribution in [0.3, 0.4) is 0 Å². The van der Waals surface area contributed by atoms with E-state index in [0.717, 1.165) is 0 Å². The molecule has 0 heterocycles. The maximum atomic E-state index is 11.8. The van der Waals surface area contributed by atoms with Crippen molar-refractivity contribution in [3.05, 3.63) is 11.6 Å². The number of hydrogen-bond acceptors (Lipinski definition) is 5. The summed E-state index contributed by atoms with van der Waals surface area (Å²) in [6.45, 7) is 15.1. The molecule has 6 heteroatoms. The van der Waals surface area contributed by atoms with Gasteiger partial charge in [-0.05, 0) is 38.4 Å². The first-order valence-corrected chi connectivity index (χ1v) is 10.7. The molecular formula is C16H30O5Si. The van der Waals surface area contributed by atoms with Gasteiger partial charge in [-0.25, -0.2) is 9.59 Å². The normalized spacial score (nSPS) is 11.8. The molecule has 0 fully saturated rings. The lowest BCUT2D eigenvalue weighted by atomic mass is 10.2. The number of ether oxygens (including phenoxy) is 2. The number of carbonyl (C=O) groups is 2. The molecule has 0 aliphatic carbocycles. The molecule has 0 saturated carbocycles. The Morgan fingerprint density at radius 3 is 1.82 bits per heavy atom. The van der Waals surface area contributed by atoms with Gasteiger partial charge >= 0.3 is 11.9 Å². The molecule has 0 aromatic carbocycles. The van der Waals surface area contributed by atoms with Gasteiger partial charge in [-0.1, -0.05) is 26.8 Å². The Labute approximate surface area is 135 Å². The maximum Gasteiger partial charge on any atom is 0.345 e. The van der Waals surface area contributed by atoms with Crippen molar-refractivity contribution in [1.82, 2.24) is 0 Å². The third-order valence-electron chi connectivity index (χ3n) is 3.73. The van der Waals surface area contributed by atoms with E-state index < -0.39 is 20.3 Å². The highest BCUT2D eigenvalue weighted by Crippen LogP contribution is 2.36. The number of hydrogen-bond donors (Lipinski definition) is 0. The van der Waals surface area contributed by atoms with Crippen LogP contribution in [0.5, 0.6) is 0 Å². The summed E-state index contributed by atoms with van der Waals surface area (Å²) >= 11 is 0. The van der Waals surface area contributed by atoms with Crippen LogP contribution in [0.4, 0.5) is 0 Å². The van der Waals surface area contributed by atoms with Gasteiger partial charge < -0.3 is 13.9 Å². The lowest BCUT2D eigenvalue weighted by Gasteiger charge is -2.36. The molecule has 0 aromatic rings. The molecular weight excluding hydrogens is 300 g/mol. The molecule has 0 saturated heterocycles. The Morgan fingerprint density at radius 2 is 1.45 bits per heavy atom. The van der Waals surface area contributed by atoms with E-state index in [-0.39, 0.29) is 23.8 Å². The summed E-state index contributed by atoms with van der Waals surface area (Å²) < 4.78 is 15.8. The second-order valence-corrected chi connectivity index (χ2v) is 11.3. The lowest BCUT2D eigenvalue weighted by molar-refractivity contribution is -0.146. The average molecular weight is 330 g/mol. The lowest BCUT2D eigenvalue weighted by Crippen LogP contribution is -2.40. The summed E-state index contributed by atoms with van der Waals surface area (Å²) in [7, 11) is -1.82. The quantitative estimate of drug-likeness (QED) is 0.170. The highest BCUT2D eigenvalue weighted by atomic mass is 28.4. The summed E-state index contributed by atoms with van der Waals surface area (Å²) in [5, 5.41) is 0.127. The molecule has 0 N–H and O–H groups in total. The van der Waals surface area contributed by atoms with Crippen LogP contribution in [0.2, 0.25) is 18.1 Å². The summed E-state index contributed by atoms with van der Waals surface area (Å²) in [6, 6.07) is 0. The van der Waals surface area contributed by atoms with Crippen molar-refractivity contribution < 1.29 is 23.5 Å². The van der Waals surface area contributed by atoms with Gasteiger partial charge in [-0.3, -0.25) is 0 Å². The van der Waals surface area contributed by atoms with Crippen molar-refractivity contribution >= 4 is 20.3 Å². The van der Waals surface area contributed by atoms with Crippen molar-refractivity contribution in [1.29, 1.82) is 0 Å². The molecule has 0 aliphatic rings. The van der Waals surface area contributed by atoms with E-state index in [1.807, 2.05) is 0 Å². The zero-order valence-corrected chi connectivity index (χ0v) is 15.9. The minimum absolute atomic E-state index is 0.0532. The minimum Gasteiger partial charge on any atom is -0.462 e. The third-order valence-corrected chi connectivity index (χ3v) is 8.26. The van der Waals surface area contributed by atoms with Gasteiger partial charge in [0.2, 0.25) is 0 Å². The highest BCUT2D eigenvalue weighted by molar-refractivity contribution is 6.74. The van der Waals surface area contributed by atoms with Crippen LogP contribution < -0.4 is 0 Å². The Morgan fingerprint density at radius 1 is 1.00 bits per heavy atom. The first-order valence-electron chi connectivity index (χ1n) is 7.75. The molecule has 0 amide bonds. The van der Waals surface area contributed by atoms with Crippen molar-refractivity contribution in [2.24, 2.45) is 0 Å². The topological polar surface area (TPSA) is 61.8 Å². The van der Waals surface area contributed by atoms with Crippen LogP contribution in [-0.4, -0.2) is 40.1 Å². The van der Waals surface area contributed by atoms with Crippen molar-refractivity contribution in [3.63, 3.8) is 0 Å². The second kappa shape index (κ2) is 9.10. The number of esters is 2. The molecule has 0 radical (unpaired) electrons.